The molecule has 0 aromatic heterocycles. The second kappa shape index (κ2) is 28.2. The normalized spacial score (nSPS) is 32.7. The molecule has 5 aliphatic heterocycles. The molecule has 5 saturated heterocycles. The number of hydrogen-bond donors (Lipinski definition) is 0. The zero-order valence-corrected chi connectivity index (χ0v) is 44.5. The monoisotopic (exact) mass is 1070 g/mol. The van der Waals surface area contributed by atoms with Gasteiger partial charge >= 0.3 is 0 Å². The third-order valence-electron chi connectivity index (χ3n) is 15.1. The van der Waals surface area contributed by atoms with E-state index in [0.29, 0.717) is 13.2 Å². The van der Waals surface area contributed by atoms with Gasteiger partial charge in [0.15, 0.2) is 31.5 Å². The molecule has 78 heavy (non-hydrogen) atoms. The number of hydrogen-bond acceptors (Lipinski definition) is 14. The molecule has 0 bridgehead atoms. The zero-order valence-electron chi connectivity index (χ0n) is 44.5. The number of allylic oxidation sites excluding steroid dienone is 1. The molecule has 5 heterocycles. The lowest BCUT2D eigenvalue weighted by molar-refractivity contribution is -0.409. The largest absolute Gasteiger partial charge is 0.368 e. The summed E-state index contributed by atoms with van der Waals surface area (Å²) in [5.74, 6) is -0.428. The van der Waals surface area contributed by atoms with Crippen LogP contribution in [0.2, 0.25) is 0 Å². The standard InChI is InChI=1S/C62H73N3O13/c1-4-5-6-7-8-24-35-66-60-50(64-65-63)55(54-49(73-60)40-71-59(77-54)47-33-22-13-23-34-47)78-61-52(41(2)51-48(74-61)39-70-58(75-51)46-31-20-12-21-32-46)76-62-57(69-38-45-29-18-11-19-30-45)56(68-37-44-27-16-10-17-28-44)53(42(3)72-62)67-36-43-25-14-9-15-26-43/h4,9-23,25-34,41-42,48-62H,1,5-8,24,35-40H2,2-3H3/t41-,42?,48?,49?,50?,51+,52?,53-,54-,55+,56+,57?,58?,59?,60+,61-,62-/m0/s1. The third kappa shape index (κ3) is 14.1. The molecule has 5 aromatic carbocycles. The summed E-state index contributed by atoms with van der Waals surface area (Å²) in [7, 11) is 0. The van der Waals surface area contributed by atoms with Gasteiger partial charge < -0.3 is 61.6 Å². The molecule has 5 aliphatic rings. The van der Waals surface area contributed by atoms with E-state index in [-0.39, 0.29) is 26.4 Å². The Kier molecular flexibility index (Phi) is 20.2. The molecule has 0 radical (unpaired) electrons. The Morgan fingerprint density at radius 1 is 0.513 bits per heavy atom. The first-order chi connectivity index (χ1) is 38.4. The molecule has 0 spiro atoms. The summed E-state index contributed by atoms with van der Waals surface area (Å²) in [6.07, 6.45) is -5.21. The maximum absolute atomic E-state index is 10.3. The first kappa shape index (κ1) is 55.9. The average molecular weight is 1070 g/mol. The first-order valence-corrected chi connectivity index (χ1v) is 27.6. The van der Waals surface area contributed by atoms with Crippen LogP contribution in [0.4, 0.5) is 0 Å². The number of fused-ring (bicyclic) bond motifs is 2. The van der Waals surface area contributed by atoms with Crippen LogP contribution in [-0.4, -0.2) is 106 Å². The van der Waals surface area contributed by atoms with E-state index in [0.717, 1.165) is 59.9 Å². The molecule has 17 atom stereocenters. The predicted octanol–water partition coefficient (Wildman–Crippen LogP) is 11.4. The Morgan fingerprint density at radius 2 is 0.987 bits per heavy atom. The van der Waals surface area contributed by atoms with Crippen molar-refractivity contribution in [3.63, 3.8) is 0 Å². The van der Waals surface area contributed by atoms with Gasteiger partial charge in [-0.3, -0.25) is 0 Å². The number of unbranched alkanes of at least 4 members (excludes halogenated alkanes) is 4. The fourth-order valence-electron chi connectivity index (χ4n) is 10.9. The van der Waals surface area contributed by atoms with E-state index in [1.807, 2.05) is 165 Å². The molecule has 0 aliphatic carbocycles. The Hall–Kier alpha value is -5.37. The van der Waals surface area contributed by atoms with Crippen LogP contribution >= 0.6 is 0 Å². The number of nitrogens with zero attached hydrogens (tertiary/aromatic N) is 3. The molecule has 16 heteroatoms. The molecule has 5 fully saturated rings. The summed E-state index contributed by atoms with van der Waals surface area (Å²) < 4.78 is 89.2. The van der Waals surface area contributed by atoms with Crippen molar-refractivity contribution in [1.29, 1.82) is 0 Å². The van der Waals surface area contributed by atoms with Gasteiger partial charge in [0.25, 0.3) is 0 Å². The summed E-state index contributed by atoms with van der Waals surface area (Å²) in [5.41, 5.74) is 14.9. The third-order valence-corrected chi connectivity index (χ3v) is 15.1. The van der Waals surface area contributed by atoms with Crippen LogP contribution in [0.5, 0.6) is 0 Å². The molecule has 0 saturated carbocycles. The van der Waals surface area contributed by atoms with E-state index in [2.05, 4.69) is 23.5 Å². The molecule has 8 unspecified atom stereocenters. The molecule has 10 rings (SSSR count). The van der Waals surface area contributed by atoms with Crippen molar-refractivity contribution in [3.05, 3.63) is 203 Å². The minimum Gasteiger partial charge on any atom is -0.368 e. The van der Waals surface area contributed by atoms with Gasteiger partial charge in [-0.05, 0) is 48.4 Å². The van der Waals surface area contributed by atoms with E-state index in [9.17, 15) is 5.53 Å². The summed E-state index contributed by atoms with van der Waals surface area (Å²) in [6, 6.07) is 48.5. The van der Waals surface area contributed by atoms with Gasteiger partial charge in [0.05, 0.1) is 45.2 Å². The van der Waals surface area contributed by atoms with Gasteiger partial charge in [0, 0.05) is 28.6 Å². The number of ether oxygens (including phenoxy) is 13. The van der Waals surface area contributed by atoms with E-state index in [1.165, 1.54) is 0 Å². The quantitative estimate of drug-likeness (QED) is 0.0188. The lowest BCUT2D eigenvalue weighted by Gasteiger charge is -2.53. The lowest BCUT2D eigenvalue weighted by atomic mass is 9.89. The van der Waals surface area contributed by atoms with Crippen LogP contribution in [0.25, 0.3) is 10.4 Å². The van der Waals surface area contributed by atoms with Crippen molar-refractivity contribution in [3.8, 4) is 0 Å². The molecule has 0 N–H and O–H groups in total. The van der Waals surface area contributed by atoms with Crippen molar-refractivity contribution in [2.45, 2.75) is 164 Å². The average Bonchev–Trinajstić information content (AvgIpc) is 3.63. The maximum Gasteiger partial charge on any atom is 0.187 e. The fraction of sp³-hybridized carbons (Fsp3) is 0.484. The van der Waals surface area contributed by atoms with Gasteiger partial charge in [-0.1, -0.05) is 183 Å². The van der Waals surface area contributed by atoms with E-state index in [1.54, 1.807) is 0 Å². The van der Waals surface area contributed by atoms with Crippen molar-refractivity contribution in [1.82, 2.24) is 0 Å². The highest BCUT2D eigenvalue weighted by Gasteiger charge is 2.57. The lowest BCUT2D eigenvalue weighted by Crippen LogP contribution is -2.67. The molecule has 414 valence electrons. The minimum absolute atomic E-state index is 0.149. The smallest absolute Gasteiger partial charge is 0.187 e. The Bertz CT molecular complexity index is 2610. The van der Waals surface area contributed by atoms with Gasteiger partial charge in [-0.2, -0.15) is 0 Å². The van der Waals surface area contributed by atoms with E-state index >= 15 is 0 Å². The second-order valence-electron chi connectivity index (χ2n) is 20.6. The maximum atomic E-state index is 10.3. The van der Waals surface area contributed by atoms with Crippen LogP contribution in [0.3, 0.4) is 0 Å². The molecule has 16 nitrogen and oxygen atoms in total. The van der Waals surface area contributed by atoms with Gasteiger partial charge in [-0.25, -0.2) is 0 Å². The van der Waals surface area contributed by atoms with Crippen molar-refractivity contribution < 1.29 is 61.6 Å². The van der Waals surface area contributed by atoms with Crippen molar-refractivity contribution >= 4 is 0 Å². The van der Waals surface area contributed by atoms with Crippen LogP contribution in [0.1, 0.15) is 86.3 Å². The van der Waals surface area contributed by atoms with Crippen molar-refractivity contribution in [2.75, 3.05) is 19.8 Å². The summed E-state index contributed by atoms with van der Waals surface area (Å²) in [5, 5.41) is 4.36. The molecule has 5 aromatic rings. The fourth-order valence-corrected chi connectivity index (χ4v) is 10.9. The zero-order chi connectivity index (χ0) is 53.5. The second-order valence-corrected chi connectivity index (χ2v) is 20.6. The van der Waals surface area contributed by atoms with Crippen molar-refractivity contribution in [2.24, 2.45) is 11.0 Å². The molecular formula is C62H73N3O13. The number of rotatable bonds is 24. The number of benzene rings is 5. The number of azide groups is 1. The van der Waals surface area contributed by atoms with Crippen LogP contribution in [0, 0.1) is 5.92 Å². The van der Waals surface area contributed by atoms with Crippen LogP contribution in [0.15, 0.2) is 169 Å². The Labute approximate surface area is 457 Å². The minimum atomic E-state index is -1.15. The highest BCUT2D eigenvalue weighted by Crippen LogP contribution is 2.44. The predicted molar refractivity (Wildman–Crippen MR) is 288 cm³/mol. The first-order valence-electron chi connectivity index (χ1n) is 27.6. The summed E-state index contributed by atoms with van der Waals surface area (Å²) in [6.45, 7) is 9.39. The Morgan fingerprint density at radius 3 is 1.55 bits per heavy atom. The van der Waals surface area contributed by atoms with Crippen LogP contribution in [-0.2, 0) is 81.4 Å². The molecule has 0 amide bonds. The van der Waals surface area contributed by atoms with E-state index in [4.69, 9.17) is 61.6 Å². The summed E-state index contributed by atoms with van der Waals surface area (Å²) >= 11 is 0. The molecular weight excluding hydrogens is 995 g/mol. The van der Waals surface area contributed by atoms with E-state index < -0.39 is 104 Å². The van der Waals surface area contributed by atoms with Gasteiger partial charge in [-0.15, -0.1) is 6.58 Å². The topological polar surface area (TPSA) is 169 Å². The summed E-state index contributed by atoms with van der Waals surface area (Å²) in [4.78, 5) is 3.34. The van der Waals surface area contributed by atoms with Crippen LogP contribution < -0.4 is 0 Å². The Balaban J connectivity index is 0.996. The SMILES string of the molecule is C=CCCCCCCO[C@@H]1OC2COC(c3ccccc3)O[C@@H]2[C@H](O[C@@H]2OC3COC(c4ccccc4)O[C@@H]3[C@H](C)C2O[C@@H]2OC(C)[C@H](OCc3ccccc3)[C@@H](OCc3ccccc3)C2OCc2ccccc2)C1N=[N+]=[N-]. The highest BCUT2D eigenvalue weighted by atomic mass is 16.8. The highest BCUT2D eigenvalue weighted by molar-refractivity contribution is 5.19. The van der Waals surface area contributed by atoms with Gasteiger partial charge in [0.2, 0.25) is 0 Å². The van der Waals surface area contributed by atoms with Gasteiger partial charge in [0.1, 0.15) is 54.9 Å².